The van der Waals surface area contributed by atoms with E-state index < -0.39 is 5.97 Å². The molecule has 13 heavy (non-hydrogen) atoms. The SMILES string of the molecule is C=C1C=CC(C=C(C)C(=O)O)=CC1. The summed E-state index contributed by atoms with van der Waals surface area (Å²) in [6.45, 7) is 5.38. The Balaban J connectivity index is 2.77. The predicted molar refractivity (Wildman–Crippen MR) is 52.4 cm³/mol. The van der Waals surface area contributed by atoms with Crippen LogP contribution in [0.2, 0.25) is 0 Å². The first-order chi connectivity index (χ1) is 6.09. The maximum atomic E-state index is 10.5. The lowest BCUT2D eigenvalue weighted by Gasteiger charge is -2.04. The summed E-state index contributed by atoms with van der Waals surface area (Å²) in [5.74, 6) is -0.876. The highest BCUT2D eigenvalue weighted by molar-refractivity contribution is 5.86. The molecule has 0 saturated carbocycles. The summed E-state index contributed by atoms with van der Waals surface area (Å²) in [6, 6.07) is 0. The van der Waals surface area contributed by atoms with Gasteiger partial charge in [0.2, 0.25) is 0 Å². The van der Waals surface area contributed by atoms with Gasteiger partial charge in [-0.2, -0.15) is 0 Å². The lowest BCUT2D eigenvalue weighted by atomic mass is 10.0. The first kappa shape index (κ1) is 9.52. The van der Waals surface area contributed by atoms with E-state index in [0.717, 1.165) is 17.6 Å². The topological polar surface area (TPSA) is 37.3 Å². The molecular weight excluding hydrogens is 164 g/mol. The number of carboxylic acids is 1. The number of rotatable bonds is 2. The van der Waals surface area contributed by atoms with Gasteiger partial charge in [-0.1, -0.05) is 30.4 Å². The molecule has 0 spiro atoms. The maximum Gasteiger partial charge on any atom is 0.331 e. The van der Waals surface area contributed by atoms with E-state index in [4.69, 9.17) is 5.11 Å². The molecule has 0 aromatic heterocycles. The lowest BCUT2D eigenvalue weighted by Crippen LogP contribution is -1.96. The van der Waals surface area contributed by atoms with Gasteiger partial charge in [-0.15, -0.1) is 0 Å². The van der Waals surface area contributed by atoms with Crippen molar-refractivity contribution in [2.75, 3.05) is 0 Å². The van der Waals surface area contributed by atoms with Crippen LogP contribution in [0, 0.1) is 0 Å². The second-order valence-corrected chi connectivity index (χ2v) is 3.03. The number of hydrogen-bond acceptors (Lipinski definition) is 1. The zero-order valence-corrected chi connectivity index (χ0v) is 7.58. The van der Waals surface area contributed by atoms with Crippen molar-refractivity contribution in [1.82, 2.24) is 0 Å². The Morgan fingerprint density at radius 2 is 2.31 bits per heavy atom. The van der Waals surface area contributed by atoms with Crippen LogP contribution in [0.4, 0.5) is 0 Å². The van der Waals surface area contributed by atoms with Gasteiger partial charge in [-0.05, 0) is 25.0 Å². The Bertz CT molecular complexity index is 330. The minimum absolute atomic E-state index is 0.350. The first-order valence-corrected chi connectivity index (χ1v) is 4.07. The molecule has 0 saturated heterocycles. The molecule has 68 valence electrons. The van der Waals surface area contributed by atoms with Crippen molar-refractivity contribution in [3.63, 3.8) is 0 Å². The lowest BCUT2D eigenvalue weighted by molar-refractivity contribution is -0.132. The number of hydrogen-bond donors (Lipinski definition) is 1. The van der Waals surface area contributed by atoms with E-state index in [-0.39, 0.29) is 0 Å². The fourth-order valence-corrected chi connectivity index (χ4v) is 1.02. The average Bonchev–Trinajstić information content (AvgIpc) is 2.08. The van der Waals surface area contributed by atoms with Gasteiger partial charge >= 0.3 is 5.97 Å². The highest BCUT2D eigenvalue weighted by Crippen LogP contribution is 2.15. The minimum atomic E-state index is -0.876. The maximum absolute atomic E-state index is 10.5. The summed E-state index contributed by atoms with van der Waals surface area (Å²) in [5.41, 5.74) is 2.33. The van der Waals surface area contributed by atoms with Crippen LogP contribution in [0.1, 0.15) is 13.3 Å². The van der Waals surface area contributed by atoms with Crippen molar-refractivity contribution >= 4 is 5.97 Å². The van der Waals surface area contributed by atoms with Crippen LogP contribution in [0.3, 0.4) is 0 Å². The van der Waals surface area contributed by atoms with E-state index in [1.807, 2.05) is 18.2 Å². The van der Waals surface area contributed by atoms with E-state index in [1.54, 1.807) is 13.0 Å². The summed E-state index contributed by atoms with van der Waals surface area (Å²) < 4.78 is 0. The summed E-state index contributed by atoms with van der Waals surface area (Å²) in [6.07, 6.45) is 8.20. The fourth-order valence-electron chi connectivity index (χ4n) is 1.02. The summed E-state index contributed by atoms with van der Waals surface area (Å²) >= 11 is 0. The second-order valence-electron chi connectivity index (χ2n) is 3.03. The Morgan fingerprint density at radius 1 is 1.62 bits per heavy atom. The van der Waals surface area contributed by atoms with E-state index >= 15 is 0 Å². The Kier molecular flexibility index (Phi) is 2.85. The summed E-state index contributed by atoms with van der Waals surface area (Å²) in [7, 11) is 0. The Hall–Kier alpha value is -1.57. The molecule has 0 radical (unpaired) electrons. The molecule has 0 aliphatic heterocycles. The molecule has 0 bridgehead atoms. The number of carboxylic acid groups (broad SMARTS) is 1. The van der Waals surface area contributed by atoms with Crippen LogP contribution in [-0.4, -0.2) is 11.1 Å². The molecule has 2 heteroatoms. The summed E-state index contributed by atoms with van der Waals surface area (Å²) in [5, 5.41) is 8.63. The van der Waals surface area contributed by atoms with Crippen LogP contribution in [0.25, 0.3) is 0 Å². The number of allylic oxidation sites excluding steroid dienone is 6. The second kappa shape index (κ2) is 3.90. The van der Waals surface area contributed by atoms with Crippen LogP contribution in [0.15, 0.2) is 47.6 Å². The van der Waals surface area contributed by atoms with Crippen molar-refractivity contribution in [3.8, 4) is 0 Å². The minimum Gasteiger partial charge on any atom is -0.478 e. The van der Waals surface area contributed by atoms with Gasteiger partial charge in [0.25, 0.3) is 0 Å². The quantitative estimate of drug-likeness (QED) is 0.656. The molecule has 0 aromatic rings. The van der Waals surface area contributed by atoms with Gasteiger partial charge in [-0.25, -0.2) is 4.79 Å². The van der Waals surface area contributed by atoms with E-state index in [2.05, 4.69) is 6.58 Å². The molecule has 0 unspecified atom stereocenters. The molecule has 0 atom stereocenters. The summed E-state index contributed by atoms with van der Waals surface area (Å²) in [4.78, 5) is 10.5. The first-order valence-electron chi connectivity index (χ1n) is 4.07. The predicted octanol–water partition coefficient (Wildman–Crippen LogP) is 2.46. The molecule has 0 amide bonds. The number of aliphatic carboxylic acids is 1. The van der Waals surface area contributed by atoms with E-state index in [9.17, 15) is 4.79 Å². The van der Waals surface area contributed by atoms with Gasteiger partial charge in [0, 0.05) is 5.57 Å². The smallest absolute Gasteiger partial charge is 0.331 e. The van der Waals surface area contributed by atoms with Crippen LogP contribution in [-0.2, 0) is 4.79 Å². The highest BCUT2D eigenvalue weighted by Gasteiger charge is 2.01. The molecule has 1 rings (SSSR count). The average molecular weight is 176 g/mol. The zero-order valence-electron chi connectivity index (χ0n) is 7.58. The third-order valence-electron chi connectivity index (χ3n) is 1.83. The van der Waals surface area contributed by atoms with Gasteiger partial charge in [0.05, 0.1) is 0 Å². The number of carbonyl (C=O) groups is 1. The molecule has 1 N–H and O–H groups in total. The molecule has 2 nitrogen and oxygen atoms in total. The van der Waals surface area contributed by atoms with Crippen LogP contribution < -0.4 is 0 Å². The fraction of sp³-hybridized carbons (Fsp3) is 0.182. The monoisotopic (exact) mass is 176 g/mol. The van der Waals surface area contributed by atoms with Crippen molar-refractivity contribution in [1.29, 1.82) is 0 Å². The normalized spacial score (nSPS) is 17.2. The van der Waals surface area contributed by atoms with Gasteiger partial charge in [0.1, 0.15) is 0 Å². The molecule has 1 aliphatic rings. The van der Waals surface area contributed by atoms with Crippen molar-refractivity contribution < 1.29 is 9.90 Å². The standard InChI is InChI=1S/C11H12O2/c1-8-3-5-10(6-4-8)7-9(2)11(12)13/h3,5-7H,1,4H2,2H3,(H,12,13). The molecule has 1 aliphatic carbocycles. The van der Waals surface area contributed by atoms with Crippen LogP contribution in [0.5, 0.6) is 0 Å². The van der Waals surface area contributed by atoms with Gasteiger partial charge in [0.15, 0.2) is 0 Å². The largest absolute Gasteiger partial charge is 0.478 e. The third-order valence-corrected chi connectivity index (χ3v) is 1.83. The molecule has 0 aromatic carbocycles. The van der Waals surface area contributed by atoms with Crippen LogP contribution >= 0.6 is 0 Å². The van der Waals surface area contributed by atoms with E-state index in [1.165, 1.54) is 0 Å². The Labute approximate surface area is 77.6 Å². The molecule has 0 fully saturated rings. The van der Waals surface area contributed by atoms with E-state index in [0.29, 0.717) is 5.57 Å². The molecule has 0 heterocycles. The van der Waals surface area contributed by atoms with Crippen molar-refractivity contribution in [2.45, 2.75) is 13.3 Å². The van der Waals surface area contributed by atoms with Gasteiger partial charge in [-0.3, -0.25) is 0 Å². The van der Waals surface area contributed by atoms with Crippen molar-refractivity contribution in [3.05, 3.63) is 47.6 Å². The van der Waals surface area contributed by atoms with Gasteiger partial charge < -0.3 is 5.11 Å². The highest BCUT2D eigenvalue weighted by atomic mass is 16.4. The molecular formula is C11H12O2. The Morgan fingerprint density at radius 3 is 2.77 bits per heavy atom. The third kappa shape index (κ3) is 2.75. The van der Waals surface area contributed by atoms with Crippen molar-refractivity contribution in [2.24, 2.45) is 0 Å². The zero-order chi connectivity index (χ0) is 9.84.